The molecule has 2 aliphatic rings. The monoisotopic (exact) mass is 330 g/mol. The van der Waals surface area contributed by atoms with E-state index in [1.165, 1.54) is 19.0 Å². The van der Waals surface area contributed by atoms with Crippen LogP contribution in [0.1, 0.15) is 25.7 Å². The highest BCUT2D eigenvalue weighted by Gasteiger charge is 2.23. The quantitative estimate of drug-likeness (QED) is 0.774. The minimum Gasteiger partial charge on any atom is -0.312 e. The van der Waals surface area contributed by atoms with E-state index in [2.05, 4.69) is 15.1 Å². The van der Waals surface area contributed by atoms with Crippen molar-refractivity contribution in [1.29, 1.82) is 0 Å². The van der Waals surface area contributed by atoms with Crippen LogP contribution in [-0.4, -0.2) is 48.3 Å². The van der Waals surface area contributed by atoms with Crippen LogP contribution in [0.2, 0.25) is 0 Å². The molecule has 0 bridgehead atoms. The van der Waals surface area contributed by atoms with Crippen molar-refractivity contribution in [3.05, 3.63) is 12.4 Å². The third-order valence-electron chi connectivity index (χ3n) is 3.75. The van der Waals surface area contributed by atoms with E-state index < -0.39 is 10.0 Å². The fourth-order valence-corrected chi connectivity index (χ4v) is 4.80. The molecule has 8 heteroatoms. The summed E-state index contributed by atoms with van der Waals surface area (Å²) in [5, 5.41) is 7.54. The van der Waals surface area contributed by atoms with Crippen molar-refractivity contribution in [2.45, 2.75) is 49.2 Å². The molecular formula is C13H22N4O2S2. The van der Waals surface area contributed by atoms with Crippen LogP contribution in [-0.2, 0) is 16.6 Å². The fraction of sp³-hybridized carbons (Fsp3) is 0.769. The summed E-state index contributed by atoms with van der Waals surface area (Å²) in [5.74, 6) is 1.99. The Labute approximate surface area is 130 Å². The molecule has 1 aliphatic heterocycles. The smallest absolute Gasteiger partial charge is 0.243 e. The van der Waals surface area contributed by atoms with Crippen LogP contribution in [0.4, 0.5) is 0 Å². The molecule has 1 aromatic rings. The van der Waals surface area contributed by atoms with E-state index in [0.717, 1.165) is 30.9 Å². The number of rotatable bonds is 7. The zero-order chi connectivity index (χ0) is 14.7. The first kappa shape index (κ1) is 15.3. The molecule has 118 valence electrons. The Morgan fingerprint density at radius 3 is 2.90 bits per heavy atom. The van der Waals surface area contributed by atoms with Crippen molar-refractivity contribution in [3.63, 3.8) is 0 Å². The van der Waals surface area contributed by atoms with Crippen molar-refractivity contribution in [2.24, 2.45) is 0 Å². The number of thioether (sulfide) groups is 1. The first-order valence-corrected chi connectivity index (χ1v) is 10.1. The molecule has 1 saturated carbocycles. The molecule has 0 spiro atoms. The van der Waals surface area contributed by atoms with Crippen LogP contribution in [0.5, 0.6) is 0 Å². The second kappa shape index (κ2) is 6.68. The zero-order valence-corrected chi connectivity index (χ0v) is 13.6. The molecule has 0 radical (unpaired) electrons. The number of hydrogen-bond donors (Lipinski definition) is 2. The third kappa shape index (κ3) is 4.45. The standard InChI is InChI=1S/C13H22N4O2S2/c18-21(19,16-12-2-1-7-20-10-12)13-8-15-17(9-13)6-5-14-11-3-4-11/h8-9,11-12,14,16H,1-7,10H2. The van der Waals surface area contributed by atoms with Gasteiger partial charge in [-0.1, -0.05) is 0 Å². The minimum absolute atomic E-state index is 0.0497. The van der Waals surface area contributed by atoms with Gasteiger partial charge in [0.05, 0.1) is 12.7 Å². The van der Waals surface area contributed by atoms with Gasteiger partial charge >= 0.3 is 0 Å². The molecule has 2 fully saturated rings. The number of aromatic nitrogens is 2. The Morgan fingerprint density at radius 2 is 2.19 bits per heavy atom. The van der Waals surface area contributed by atoms with E-state index in [9.17, 15) is 8.42 Å². The average molecular weight is 330 g/mol. The second-order valence-corrected chi connectivity index (χ2v) is 8.57. The van der Waals surface area contributed by atoms with Gasteiger partial charge in [-0.3, -0.25) is 4.68 Å². The molecule has 0 aromatic carbocycles. The van der Waals surface area contributed by atoms with Crippen molar-refractivity contribution in [2.75, 3.05) is 18.1 Å². The van der Waals surface area contributed by atoms with E-state index in [-0.39, 0.29) is 10.9 Å². The fourth-order valence-electron chi connectivity index (χ4n) is 2.40. The molecule has 1 aliphatic carbocycles. The lowest BCUT2D eigenvalue weighted by Crippen LogP contribution is -2.38. The predicted molar refractivity (Wildman–Crippen MR) is 83.9 cm³/mol. The Morgan fingerprint density at radius 1 is 1.33 bits per heavy atom. The lowest BCUT2D eigenvalue weighted by molar-refractivity contribution is 0.540. The Bertz CT molecular complexity index is 562. The number of sulfonamides is 1. The summed E-state index contributed by atoms with van der Waals surface area (Å²) >= 11 is 1.81. The molecule has 6 nitrogen and oxygen atoms in total. The van der Waals surface area contributed by atoms with Crippen molar-refractivity contribution < 1.29 is 8.42 Å². The average Bonchev–Trinajstić information content (AvgIpc) is 3.15. The van der Waals surface area contributed by atoms with Crippen molar-refractivity contribution in [1.82, 2.24) is 19.8 Å². The van der Waals surface area contributed by atoms with Gasteiger partial charge in [0.15, 0.2) is 0 Å². The summed E-state index contributed by atoms with van der Waals surface area (Å²) in [6.07, 6.45) is 7.56. The molecule has 2 heterocycles. The largest absolute Gasteiger partial charge is 0.312 e. The topological polar surface area (TPSA) is 76.0 Å². The van der Waals surface area contributed by atoms with Gasteiger partial charge in [0.2, 0.25) is 10.0 Å². The van der Waals surface area contributed by atoms with Gasteiger partial charge < -0.3 is 5.32 Å². The van der Waals surface area contributed by atoms with Gasteiger partial charge in [-0.15, -0.1) is 0 Å². The van der Waals surface area contributed by atoms with Gasteiger partial charge in [-0.25, -0.2) is 13.1 Å². The second-order valence-electron chi connectivity index (χ2n) is 5.70. The number of nitrogens with zero attached hydrogens (tertiary/aromatic N) is 2. The van der Waals surface area contributed by atoms with Crippen LogP contribution in [0.15, 0.2) is 17.3 Å². The SMILES string of the molecule is O=S(=O)(NC1CCCSC1)c1cnn(CCNC2CC2)c1. The molecule has 2 N–H and O–H groups in total. The Kier molecular flexibility index (Phi) is 4.88. The van der Waals surface area contributed by atoms with Gasteiger partial charge in [0.25, 0.3) is 0 Å². The third-order valence-corrected chi connectivity index (χ3v) is 6.44. The maximum absolute atomic E-state index is 12.3. The molecule has 0 amide bonds. The molecule has 1 aromatic heterocycles. The summed E-state index contributed by atoms with van der Waals surface area (Å²) in [6.45, 7) is 1.53. The highest BCUT2D eigenvalue weighted by Crippen LogP contribution is 2.19. The number of hydrogen-bond acceptors (Lipinski definition) is 5. The molecule has 1 atom stereocenters. The normalized spacial score (nSPS) is 23.3. The minimum atomic E-state index is -3.44. The summed E-state index contributed by atoms with van der Waals surface area (Å²) in [4.78, 5) is 0.268. The molecule has 21 heavy (non-hydrogen) atoms. The van der Waals surface area contributed by atoms with Crippen LogP contribution in [0.25, 0.3) is 0 Å². The molecule has 3 rings (SSSR count). The first-order chi connectivity index (χ1) is 10.1. The van der Waals surface area contributed by atoms with E-state index in [1.807, 2.05) is 11.8 Å². The van der Waals surface area contributed by atoms with Crippen LogP contribution in [0.3, 0.4) is 0 Å². The van der Waals surface area contributed by atoms with Crippen LogP contribution >= 0.6 is 11.8 Å². The highest BCUT2D eigenvalue weighted by molar-refractivity contribution is 7.99. The number of nitrogens with one attached hydrogen (secondary N) is 2. The summed E-state index contributed by atoms with van der Waals surface area (Å²) in [5.41, 5.74) is 0. The zero-order valence-electron chi connectivity index (χ0n) is 12.0. The van der Waals surface area contributed by atoms with Crippen LogP contribution in [0, 0.1) is 0 Å². The lowest BCUT2D eigenvalue weighted by Gasteiger charge is -2.21. The van der Waals surface area contributed by atoms with Gasteiger partial charge in [0.1, 0.15) is 4.90 Å². The molecule has 1 unspecified atom stereocenters. The van der Waals surface area contributed by atoms with Gasteiger partial charge in [-0.05, 0) is 31.4 Å². The molecular weight excluding hydrogens is 308 g/mol. The maximum atomic E-state index is 12.3. The summed E-state index contributed by atoms with van der Waals surface area (Å²) in [7, 11) is -3.44. The van der Waals surface area contributed by atoms with E-state index in [0.29, 0.717) is 12.6 Å². The maximum Gasteiger partial charge on any atom is 0.243 e. The van der Waals surface area contributed by atoms with Gasteiger partial charge in [0, 0.05) is 30.6 Å². The summed E-state index contributed by atoms with van der Waals surface area (Å²) in [6, 6.07) is 0.711. The van der Waals surface area contributed by atoms with Crippen molar-refractivity contribution >= 4 is 21.8 Å². The van der Waals surface area contributed by atoms with Gasteiger partial charge in [-0.2, -0.15) is 16.9 Å². The summed E-state index contributed by atoms with van der Waals surface area (Å²) < 4.78 is 29.1. The van der Waals surface area contributed by atoms with E-state index in [4.69, 9.17) is 0 Å². The Hall–Kier alpha value is -0.570. The predicted octanol–water partition coefficient (Wildman–Crippen LogP) is 0.809. The molecule has 1 saturated heterocycles. The highest BCUT2D eigenvalue weighted by atomic mass is 32.2. The lowest BCUT2D eigenvalue weighted by atomic mass is 10.2. The van der Waals surface area contributed by atoms with Crippen LogP contribution < -0.4 is 10.0 Å². The Balaban J connectivity index is 1.55. The first-order valence-electron chi connectivity index (χ1n) is 7.49. The van der Waals surface area contributed by atoms with E-state index in [1.54, 1.807) is 10.9 Å². The van der Waals surface area contributed by atoms with Crippen molar-refractivity contribution in [3.8, 4) is 0 Å². The van der Waals surface area contributed by atoms with E-state index >= 15 is 0 Å².